The minimum Gasteiger partial charge on any atom is -0.336 e. The van der Waals surface area contributed by atoms with Crippen LogP contribution in [-0.4, -0.2) is 57.9 Å². The molecule has 0 bridgehead atoms. The second kappa shape index (κ2) is 6.95. The van der Waals surface area contributed by atoms with Crippen LogP contribution in [0.1, 0.15) is 49.3 Å². The molecule has 0 unspecified atom stereocenters. The van der Waals surface area contributed by atoms with E-state index in [1.54, 1.807) is 12.4 Å². The molecule has 1 saturated carbocycles. The molecule has 5 nitrogen and oxygen atoms in total. The maximum atomic E-state index is 12.8. The normalized spacial score (nSPS) is 23.1. The van der Waals surface area contributed by atoms with Gasteiger partial charge in [-0.05, 0) is 38.0 Å². The molecule has 1 atom stereocenters. The summed E-state index contributed by atoms with van der Waals surface area (Å²) in [6.45, 7) is 10.3. The fourth-order valence-corrected chi connectivity index (χ4v) is 3.40. The van der Waals surface area contributed by atoms with E-state index in [-0.39, 0.29) is 5.91 Å². The Morgan fingerprint density at radius 2 is 2.04 bits per heavy atom. The fourth-order valence-electron chi connectivity index (χ4n) is 3.40. The summed E-state index contributed by atoms with van der Waals surface area (Å²) in [5.74, 6) is 1.46. The van der Waals surface area contributed by atoms with Crippen LogP contribution in [0.3, 0.4) is 0 Å². The van der Waals surface area contributed by atoms with Crippen molar-refractivity contribution in [3.63, 3.8) is 0 Å². The predicted octanol–water partition coefficient (Wildman–Crippen LogP) is 2.37. The Labute approximate surface area is 139 Å². The van der Waals surface area contributed by atoms with Crippen LogP contribution in [0.25, 0.3) is 0 Å². The van der Waals surface area contributed by atoms with Gasteiger partial charge in [-0.2, -0.15) is 0 Å². The molecule has 0 spiro atoms. The third-order valence-corrected chi connectivity index (χ3v) is 5.00. The van der Waals surface area contributed by atoms with E-state index in [1.807, 2.05) is 11.8 Å². The van der Waals surface area contributed by atoms with Gasteiger partial charge in [0, 0.05) is 38.4 Å². The first-order valence-electron chi connectivity index (χ1n) is 8.86. The van der Waals surface area contributed by atoms with Gasteiger partial charge in [-0.3, -0.25) is 14.7 Å². The molecule has 0 N–H and O–H groups in total. The van der Waals surface area contributed by atoms with Crippen LogP contribution < -0.4 is 0 Å². The molecule has 2 heterocycles. The molecular weight excluding hydrogens is 288 g/mol. The average Bonchev–Trinajstić information content (AvgIpc) is 3.34. The summed E-state index contributed by atoms with van der Waals surface area (Å²) in [5.41, 5.74) is 1.31. The fraction of sp³-hybridized carbons (Fsp3) is 0.722. The van der Waals surface area contributed by atoms with Crippen molar-refractivity contribution in [3.05, 3.63) is 23.8 Å². The van der Waals surface area contributed by atoms with Gasteiger partial charge >= 0.3 is 0 Å². The van der Waals surface area contributed by atoms with E-state index in [0.717, 1.165) is 37.7 Å². The molecule has 1 aliphatic heterocycles. The van der Waals surface area contributed by atoms with Gasteiger partial charge in [0.05, 0.1) is 11.9 Å². The predicted molar refractivity (Wildman–Crippen MR) is 90.2 cm³/mol. The van der Waals surface area contributed by atoms with Gasteiger partial charge in [0.1, 0.15) is 5.69 Å². The van der Waals surface area contributed by atoms with Gasteiger partial charge in [-0.15, -0.1) is 0 Å². The Balaban J connectivity index is 1.72. The molecule has 2 fully saturated rings. The van der Waals surface area contributed by atoms with E-state index in [2.05, 4.69) is 28.7 Å². The summed E-state index contributed by atoms with van der Waals surface area (Å²) < 4.78 is 0. The minimum absolute atomic E-state index is 0.0245. The lowest BCUT2D eigenvalue weighted by molar-refractivity contribution is 0.0698. The zero-order chi connectivity index (χ0) is 16.4. The molecule has 126 valence electrons. The van der Waals surface area contributed by atoms with Crippen LogP contribution in [-0.2, 0) is 0 Å². The van der Waals surface area contributed by atoms with E-state index in [0.29, 0.717) is 17.7 Å². The first-order valence-corrected chi connectivity index (χ1v) is 8.86. The summed E-state index contributed by atoms with van der Waals surface area (Å²) in [7, 11) is 0. The standard InChI is InChI=1S/C18H28N4O/c1-13(2)17-12-22(8-4-7-21(17)11-15-5-6-15)18(23)16-10-19-14(3)9-20-16/h9-10,13,15,17H,4-8,11-12H2,1-3H3/t17-/m1/s1. The summed E-state index contributed by atoms with van der Waals surface area (Å²) in [4.78, 5) is 25.9. The number of aryl methyl sites for hydroxylation is 1. The van der Waals surface area contributed by atoms with Gasteiger partial charge in [0.2, 0.25) is 0 Å². The molecule has 1 aromatic rings. The molecule has 0 aromatic carbocycles. The number of carbonyl (C=O) groups excluding carboxylic acids is 1. The summed E-state index contributed by atoms with van der Waals surface area (Å²) in [5, 5.41) is 0. The van der Waals surface area contributed by atoms with Crippen LogP contribution in [0.5, 0.6) is 0 Å². The van der Waals surface area contributed by atoms with Crippen LogP contribution in [0, 0.1) is 18.8 Å². The van der Waals surface area contributed by atoms with Crippen molar-refractivity contribution in [1.29, 1.82) is 0 Å². The number of aromatic nitrogens is 2. The maximum Gasteiger partial charge on any atom is 0.274 e. The number of carbonyl (C=O) groups is 1. The second-order valence-electron chi connectivity index (χ2n) is 7.40. The smallest absolute Gasteiger partial charge is 0.274 e. The van der Waals surface area contributed by atoms with Gasteiger partial charge < -0.3 is 4.90 Å². The van der Waals surface area contributed by atoms with E-state index in [9.17, 15) is 4.79 Å². The molecule has 1 aromatic heterocycles. The Bertz CT molecular complexity index is 538. The Morgan fingerprint density at radius 1 is 1.26 bits per heavy atom. The van der Waals surface area contributed by atoms with Crippen molar-refractivity contribution < 1.29 is 4.79 Å². The summed E-state index contributed by atoms with van der Waals surface area (Å²) in [6.07, 6.45) is 7.08. The van der Waals surface area contributed by atoms with Crippen LogP contribution in [0.2, 0.25) is 0 Å². The van der Waals surface area contributed by atoms with Gasteiger partial charge in [0.25, 0.3) is 5.91 Å². The van der Waals surface area contributed by atoms with Crippen molar-refractivity contribution in [2.24, 2.45) is 11.8 Å². The first-order chi connectivity index (χ1) is 11.0. The number of rotatable bonds is 4. The quantitative estimate of drug-likeness (QED) is 0.856. The summed E-state index contributed by atoms with van der Waals surface area (Å²) in [6, 6.07) is 0.445. The van der Waals surface area contributed by atoms with Crippen LogP contribution >= 0.6 is 0 Å². The molecule has 23 heavy (non-hydrogen) atoms. The third-order valence-electron chi connectivity index (χ3n) is 5.00. The maximum absolute atomic E-state index is 12.8. The molecule has 1 aliphatic carbocycles. The highest BCUT2D eigenvalue weighted by Crippen LogP contribution is 2.32. The van der Waals surface area contributed by atoms with E-state index in [4.69, 9.17) is 0 Å². The Hall–Kier alpha value is -1.49. The molecule has 2 aliphatic rings. The highest BCUT2D eigenvalue weighted by molar-refractivity contribution is 5.92. The number of nitrogens with zero attached hydrogens (tertiary/aromatic N) is 4. The van der Waals surface area contributed by atoms with Gasteiger partial charge in [0.15, 0.2) is 0 Å². The zero-order valence-electron chi connectivity index (χ0n) is 14.5. The topological polar surface area (TPSA) is 49.3 Å². The number of amides is 1. The van der Waals surface area contributed by atoms with Crippen LogP contribution in [0.4, 0.5) is 0 Å². The van der Waals surface area contributed by atoms with Crippen molar-refractivity contribution in [1.82, 2.24) is 19.8 Å². The lowest BCUT2D eigenvalue weighted by atomic mass is 10.0. The van der Waals surface area contributed by atoms with Crippen molar-refractivity contribution in [2.75, 3.05) is 26.2 Å². The molecule has 5 heteroatoms. The zero-order valence-corrected chi connectivity index (χ0v) is 14.5. The van der Waals surface area contributed by atoms with E-state index in [1.165, 1.54) is 19.4 Å². The molecule has 1 amide bonds. The lowest BCUT2D eigenvalue weighted by Gasteiger charge is -2.34. The molecule has 1 saturated heterocycles. The second-order valence-corrected chi connectivity index (χ2v) is 7.40. The monoisotopic (exact) mass is 316 g/mol. The van der Waals surface area contributed by atoms with Crippen LogP contribution in [0.15, 0.2) is 12.4 Å². The van der Waals surface area contributed by atoms with Crippen molar-refractivity contribution >= 4 is 5.91 Å². The highest BCUT2D eigenvalue weighted by Gasteiger charge is 2.33. The molecule has 3 rings (SSSR count). The molecule has 0 radical (unpaired) electrons. The highest BCUT2D eigenvalue weighted by atomic mass is 16.2. The number of hydrogen-bond acceptors (Lipinski definition) is 4. The minimum atomic E-state index is 0.0245. The number of hydrogen-bond donors (Lipinski definition) is 0. The summed E-state index contributed by atoms with van der Waals surface area (Å²) >= 11 is 0. The SMILES string of the molecule is Cc1cnc(C(=O)N2CCCN(CC3CC3)[C@@H](C(C)C)C2)cn1. The third kappa shape index (κ3) is 4.08. The Morgan fingerprint density at radius 3 is 2.65 bits per heavy atom. The Kier molecular flexibility index (Phi) is 4.95. The van der Waals surface area contributed by atoms with Crippen molar-refractivity contribution in [3.8, 4) is 0 Å². The van der Waals surface area contributed by atoms with Crippen molar-refractivity contribution in [2.45, 2.75) is 46.1 Å². The lowest BCUT2D eigenvalue weighted by Crippen LogP contribution is -2.46. The largest absolute Gasteiger partial charge is 0.336 e. The molecular formula is C18H28N4O. The average molecular weight is 316 g/mol. The van der Waals surface area contributed by atoms with E-state index >= 15 is 0 Å². The van der Waals surface area contributed by atoms with Gasteiger partial charge in [-0.25, -0.2) is 4.98 Å². The van der Waals surface area contributed by atoms with E-state index < -0.39 is 0 Å². The first kappa shape index (κ1) is 16.4. The van der Waals surface area contributed by atoms with Gasteiger partial charge in [-0.1, -0.05) is 13.8 Å².